The van der Waals surface area contributed by atoms with Crippen LogP contribution in [0, 0.1) is 5.92 Å². The number of allylic oxidation sites excluding steroid dienone is 5. The van der Waals surface area contributed by atoms with Crippen molar-refractivity contribution in [1.82, 2.24) is 4.57 Å². The first-order valence-corrected chi connectivity index (χ1v) is 27.1. The van der Waals surface area contributed by atoms with E-state index >= 15 is 0 Å². The molecule has 1 atom stereocenters. The van der Waals surface area contributed by atoms with Crippen molar-refractivity contribution in [3.05, 3.63) is 294 Å². The number of rotatable bonds is 8. The van der Waals surface area contributed by atoms with Gasteiger partial charge in [0.2, 0.25) is 0 Å². The number of fused-ring (bicyclic) bond motifs is 12. The van der Waals surface area contributed by atoms with Crippen LogP contribution in [-0.2, 0) is 10.8 Å². The van der Waals surface area contributed by atoms with Crippen molar-refractivity contribution in [2.24, 2.45) is 5.92 Å². The Labute approximate surface area is 444 Å². The third kappa shape index (κ3) is 6.95. The molecule has 3 heteroatoms. The van der Waals surface area contributed by atoms with Gasteiger partial charge in [-0.25, -0.2) is 0 Å². The van der Waals surface area contributed by atoms with E-state index in [1.165, 1.54) is 98.4 Å². The molecule has 75 heavy (non-hydrogen) atoms. The number of hydrogen-bond donors (Lipinski definition) is 0. The topological polar surface area (TPSA) is 8.17 Å². The lowest BCUT2D eigenvalue weighted by atomic mass is 9.56. The van der Waals surface area contributed by atoms with Crippen molar-refractivity contribution in [2.75, 3.05) is 4.90 Å². The van der Waals surface area contributed by atoms with Crippen LogP contribution in [0.3, 0.4) is 0 Å². The van der Waals surface area contributed by atoms with Crippen molar-refractivity contribution < 1.29 is 0 Å². The van der Waals surface area contributed by atoms with E-state index < -0.39 is 5.41 Å². The Hall–Kier alpha value is -8.63. The summed E-state index contributed by atoms with van der Waals surface area (Å²) in [4.78, 5) is 5.01. The molecule has 2 nitrogen and oxygen atoms in total. The monoisotopic (exact) mass is 978 g/mol. The van der Waals surface area contributed by atoms with Gasteiger partial charge in [-0.05, 0) is 153 Å². The highest BCUT2D eigenvalue weighted by molar-refractivity contribution is 7.99. The second kappa shape index (κ2) is 17.8. The van der Waals surface area contributed by atoms with Gasteiger partial charge in [0.1, 0.15) is 0 Å². The maximum absolute atomic E-state index is 2.48. The first kappa shape index (κ1) is 45.0. The highest BCUT2D eigenvalue weighted by atomic mass is 32.2. The molecule has 1 aromatic heterocycles. The molecule has 0 bridgehead atoms. The zero-order chi connectivity index (χ0) is 50.3. The molecule has 0 saturated heterocycles. The zero-order valence-corrected chi connectivity index (χ0v) is 43.1. The molecule has 1 spiro atoms. The van der Waals surface area contributed by atoms with Crippen molar-refractivity contribution in [1.29, 1.82) is 0 Å². The summed E-state index contributed by atoms with van der Waals surface area (Å²) in [5, 5.41) is 2.49. The largest absolute Gasteiger partial charge is 0.310 e. The van der Waals surface area contributed by atoms with Crippen LogP contribution < -0.4 is 4.90 Å². The molecule has 0 fully saturated rings. The molecule has 0 amide bonds. The minimum absolute atomic E-state index is 0.00720. The Morgan fingerprint density at radius 1 is 0.467 bits per heavy atom. The van der Waals surface area contributed by atoms with Crippen LogP contribution >= 0.6 is 11.8 Å². The van der Waals surface area contributed by atoms with Gasteiger partial charge in [-0.2, -0.15) is 0 Å². The fraction of sp³-hybridized carbons (Fsp3) is 0.0833. The molecule has 0 saturated carbocycles. The summed E-state index contributed by atoms with van der Waals surface area (Å²) in [7, 11) is 0. The fourth-order valence-corrected chi connectivity index (χ4v) is 14.2. The van der Waals surface area contributed by atoms with E-state index in [0.29, 0.717) is 0 Å². The maximum Gasteiger partial charge on any atom is 0.0583 e. The molecule has 1 aliphatic heterocycles. The van der Waals surface area contributed by atoms with Crippen LogP contribution in [0.15, 0.2) is 271 Å². The zero-order valence-electron chi connectivity index (χ0n) is 42.3. The lowest BCUT2D eigenvalue weighted by Crippen LogP contribution is -2.41. The second-order valence-electron chi connectivity index (χ2n) is 20.7. The molecule has 3 aliphatic rings. The first-order valence-electron chi connectivity index (χ1n) is 26.2. The minimum Gasteiger partial charge on any atom is -0.310 e. The van der Waals surface area contributed by atoms with Gasteiger partial charge in [-0.15, -0.1) is 0 Å². The maximum atomic E-state index is 2.48. The number of benzene rings is 10. The van der Waals surface area contributed by atoms with E-state index in [1.54, 1.807) is 0 Å². The second-order valence-corrected chi connectivity index (χ2v) is 21.8. The van der Waals surface area contributed by atoms with Gasteiger partial charge in [0.25, 0.3) is 0 Å². The summed E-state index contributed by atoms with van der Waals surface area (Å²) in [6, 6.07) is 86.1. The summed E-state index contributed by atoms with van der Waals surface area (Å²) in [6.45, 7) is 6.82. The van der Waals surface area contributed by atoms with Crippen LogP contribution in [-0.4, -0.2) is 4.57 Å². The number of nitrogens with zero attached hydrogens (tertiary/aromatic N) is 2. The van der Waals surface area contributed by atoms with Crippen LogP contribution in [0.5, 0.6) is 0 Å². The number of hydrogen-bond acceptors (Lipinski definition) is 2. The van der Waals surface area contributed by atoms with Crippen molar-refractivity contribution >= 4 is 56.7 Å². The Bertz CT molecular complexity index is 4090. The van der Waals surface area contributed by atoms with Gasteiger partial charge in [0.15, 0.2) is 0 Å². The molecule has 2 aliphatic carbocycles. The Morgan fingerprint density at radius 3 is 1.81 bits per heavy atom. The van der Waals surface area contributed by atoms with E-state index in [-0.39, 0.29) is 11.3 Å². The summed E-state index contributed by atoms with van der Waals surface area (Å²) in [5.41, 5.74) is 21.7. The number of para-hydroxylation sites is 3. The molecular formula is C72H54N2S. The lowest BCUT2D eigenvalue weighted by Gasteiger charge is -2.48. The molecule has 0 N–H and O–H groups in total. The third-order valence-electron chi connectivity index (χ3n) is 16.3. The number of aromatic nitrogens is 1. The van der Waals surface area contributed by atoms with Crippen LogP contribution in [0.1, 0.15) is 54.2 Å². The van der Waals surface area contributed by atoms with E-state index in [4.69, 9.17) is 0 Å². The fourth-order valence-electron chi connectivity index (χ4n) is 13.0. The van der Waals surface area contributed by atoms with Crippen LogP contribution in [0.25, 0.3) is 66.9 Å². The summed E-state index contributed by atoms with van der Waals surface area (Å²) >= 11 is 1.89. The predicted octanol–water partition coefficient (Wildman–Crippen LogP) is 19.5. The predicted molar refractivity (Wildman–Crippen MR) is 317 cm³/mol. The molecule has 11 aromatic rings. The molecule has 2 heterocycles. The van der Waals surface area contributed by atoms with E-state index in [9.17, 15) is 0 Å². The minimum atomic E-state index is -0.567. The highest BCUT2D eigenvalue weighted by Gasteiger charge is 2.50. The average molecular weight is 979 g/mol. The van der Waals surface area contributed by atoms with Gasteiger partial charge < -0.3 is 9.47 Å². The standard InChI is InChI=1S/C72H54N2S/c1-4-5-8-21-50-37-41-60-55(49-36-45-67-61(46-49)59-27-14-18-31-66(59)74(67)52-24-11-7-12-25-52)43-44-56(70(60)72(50)63-29-16-19-32-68(63)75-69-33-20-17-30-64(69)72)48-34-38-53(39-35-48)73(51-22-9-6-10-23-51)54-40-42-58-57-26-13-15-28-62(57)71(2,3)65(58)47-54/h4-47,50H,1-3H3/b5-4-,21-8-. The lowest BCUT2D eigenvalue weighted by molar-refractivity contribution is 0.499. The van der Waals surface area contributed by atoms with Crippen LogP contribution in [0.2, 0.25) is 0 Å². The summed E-state index contributed by atoms with van der Waals surface area (Å²) in [5.74, 6) is 0.00720. The summed E-state index contributed by atoms with van der Waals surface area (Å²) in [6.07, 6.45) is 13.9. The molecule has 1 unspecified atom stereocenters. The van der Waals surface area contributed by atoms with E-state index in [0.717, 1.165) is 22.7 Å². The Balaban J connectivity index is 0.997. The molecular weight excluding hydrogens is 925 g/mol. The molecule has 358 valence electrons. The van der Waals surface area contributed by atoms with Crippen molar-refractivity contribution in [3.63, 3.8) is 0 Å². The Kier molecular flexibility index (Phi) is 10.7. The van der Waals surface area contributed by atoms with Gasteiger partial charge >= 0.3 is 0 Å². The van der Waals surface area contributed by atoms with Crippen LogP contribution in [0.4, 0.5) is 17.1 Å². The van der Waals surface area contributed by atoms with Gasteiger partial charge in [0, 0.05) is 54.6 Å². The van der Waals surface area contributed by atoms with Gasteiger partial charge in [0.05, 0.1) is 16.4 Å². The SMILES string of the molecule is C/C=C\C=C/C1C=Cc2c(-c3ccc4c(c3)c3ccccc3n4-c3ccccc3)ccc(-c3ccc(N(c4ccccc4)c4ccc5c(c4)C(C)(C)c4ccccc4-5)cc3)c2C12c1ccccc1Sc1ccccc12. The highest BCUT2D eigenvalue weighted by Crippen LogP contribution is 2.61. The average Bonchev–Trinajstić information content (AvgIpc) is 4.01. The van der Waals surface area contributed by atoms with Gasteiger partial charge in [-0.3, -0.25) is 0 Å². The smallest absolute Gasteiger partial charge is 0.0583 e. The Morgan fingerprint density at radius 2 is 1.05 bits per heavy atom. The molecule has 0 radical (unpaired) electrons. The number of anilines is 3. The first-order chi connectivity index (χ1) is 36.9. The quantitative estimate of drug-likeness (QED) is 0.140. The van der Waals surface area contributed by atoms with Gasteiger partial charge in [-0.1, -0.05) is 214 Å². The van der Waals surface area contributed by atoms with Crippen molar-refractivity contribution in [3.8, 4) is 39.1 Å². The molecule has 10 aromatic carbocycles. The van der Waals surface area contributed by atoms with Crippen molar-refractivity contribution in [2.45, 2.75) is 41.4 Å². The summed E-state index contributed by atoms with van der Waals surface area (Å²) < 4.78 is 2.41. The third-order valence-corrected chi connectivity index (χ3v) is 17.5. The van der Waals surface area contributed by atoms with E-state index in [1.807, 2.05) is 11.8 Å². The normalized spacial score (nSPS) is 15.5. The molecule has 14 rings (SSSR count). The van der Waals surface area contributed by atoms with E-state index in [2.05, 4.69) is 297 Å².